The number of nitrogens with one attached hydrogen (secondary N) is 2. The van der Waals surface area contributed by atoms with E-state index in [0.717, 1.165) is 0 Å². The third-order valence-corrected chi connectivity index (χ3v) is 3.45. The Kier molecular flexibility index (Phi) is 5.04. The predicted octanol–water partition coefficient (Wildman–Crippen LogP) is -0.319. The second-order valence-corrected chi connectivity index (χ2v) is 4.90. The van der Waals surface area contributed by atoms with Crippen molar-refractivity contribution in [2.75, 3.05) is 45.1 Å². The summed E-state index contributed by atoms with van der Waals surface area (Å²) in [6.45, 7) is 4.74. The molecule has 0 aliphatic carbocycles. The Balaban J connectivity index is 1.83. The number of amides is 3. The van der Waals surface area contributed by atoms with Gasteiger partial charge in [-0.3, -0.25) is 9.69 Å². The van der Waals surface area contributed by atoms with Crippen LogP contribution >= 0.6 is 0 Å². The Morgan fingerprint density at radius 2 is 2.00 bits per heavy atom. The van der Waals surface area contributed by atoms with Crippen LogP contribution in [0.3, 0.4) is 0 Å². The molecule has 1 aliphatic rings. The largest absolute Gasteiger partial charge is 0.358 e. The van der Waals surface area contributed by atoms with Gasteiger partial charge in [-0.15, -0.1) is 0 Å². The molecular formula is C13H20N6O2. The zero-order chi connectivity index (χ0) is 15.2. The lowest BCUT2D eigenvalue weighted by molar-refractivity contribution is -0.122. The minimum absolute atomic E-state index is 0.00798. The monoisotopic (exact) mass is 292 g/mol. The number of carbonyl (C=O) groups excluding carboxylic acids is 2. The number of anilines is 1. The van der Waals surface area contributed by atoms with Crippen molar-refractivity contribution in [1.82, 2.24) is 25.3 Å². The van der Waals surface area contributed by atoms with Crippen molar-refractivity contribution in [3.63, 3.8) is 0 Å². The van der Waals surface area contributed by atoms with E-state index < -0.39 is 0 Å². The molecule has 114 valence electrons. The van der Waals surface area contributed by atoms with Crippen LogP contribution in [-0.2, 0) is 4.79 Å². The van der Waals surface area contributed by atoms with Gasteiger partial charge in [0, 0.05) is 33.2 Å². The van der Waals surface area contributed by atoms with Gasteiger partial charge in [-0.1, -0.05) is 0 Å². The summed E-state index contributed by atoms with van der Waals surface area (Å²) in [5.74, 6) is -0.00798. The Hall–Kier alpha value is -2.22. The fourth-order valence-electron chi connectivity index (χ4n) is 2.12. The smallest absolute Gasteiger partial charge is 0.321 e. The summed E-state index contributed by atoms with van der Waals surface area (Å²) >= 11 is 0. The van der Waals surface area contributed by atoms with Crippen LogP contribution in [0.2, 0.25) is 0 Å². The third kappa shape index (κ3) is 4.12. The molecule has 2 rings (SSSR count). The number of hydrogen-bond acceptors (Lipinski definition) is 5. The maximum atomic E-state index is 12.2. The van der Waals surface area contributed by atoms with Crippen LogP contribution in [0.25, 0.3) is 0 Å². The molecule has 1 aromatic rings. The van der Waals surface area contributed by atoms with E-state index in [1.165, 1.54) is 0 Å². The second-order valence-electron chi connectivity index (χ2n) is 4.90. The van der Waals surface area contributed by atoms with E-state index in [-0.39, 0.29) is 11.9 Å². The fourth-order valence-corrected chi connectivity index (χ4v) is 2.12. The number of piperazine rings is 1. The first-order chi connectivity index (χ1) is 10.1. The number of hydrogen-bond donors (Lipinski definition) is 2. The maximum Gasteiger partial charge on any atom is 0.321 e. The molecule has 0 atom stereocenters. The van der Waals surface area contributed by atoms with Crippen molar-refractivity contribution in [2.45, 2.75) is 6.92 Å². The minimum Gasteiger partial charge on any atom is -0.358 e. The Labute approximate surface area is 123 Å². The number of likely N-dealkylation sites (N-methyl/N-ethyl adjacent to an activating group) is 1. The molecule has 0 bridgehead atoms. The lowest BCUT2D eigenvalue weighted by Gasteiger charge is -2.34. The molecule has 8 nitrogen and oxygen atoms in total. The molecule has 2 heterocycles. The van der Waals surface area contributed by atoms with Gasteiger partial charge in [0.2, 0.25) is 5.91 Å². The maximum absolute atomic E-state index is 12.2. The van der Waals surface area contributed by atoms with Gasteiger partial charge in [-0.25, -0.2) is 4.79 Å². The molecule has 0 radical (unpaired) electrons. The van der Waals surface area contributed by atoms with Crippen LogP contribution in [0.4, 0.5) is 10.5 Å². The van der Waals surface area contributed by atoms with E-state index in [1.807, 2.05) is 4.90 Å². The highest BCUT2D eigenvalue weighted by atomic mass is 16.2. The summed E-state index contributed by atoms with van der Waals surface area (Å²) in [7, 11) is 1.62. The highest BCUT2D eigenvalue weighted by molar-refractivity contribution is 5.89. The van der Waals surface area contributed by atoms with E-state index in [0.29, 0.717) is 44.1 Å². The summed E-state index contributed by atoms with van der Waals surface area (Å²) in [5, 5.41) is 13.1. The molecule has 0 unspecified atom stereocenters. The van der Waals surface area contributed by atoms with E-state index >= 15 is 0 Å². The highest BCUT2D eigenvalue weighted by Crippen LogP contribution is 2.11. The SMILES string of the molecule is CNC(=O)CN1CCN(C(=O)Nc2ccnnc2C)CC1. The van der Waals surface area contributed by atoms with Gasteiger partial charge in [-0.2, -0.15) is 10.2 Å². The predicted molar refractivity (Wildman–Crippen MR) is 77.9 cm³/mol. The van der Waals surface area contributed by atoms with Crippen LogP contribution in [0.1, 0.15) is 5.69 Å². The van der Waals surface area contributed by atoms with Gasteiger partial charge in [0.05, 0.1) is 24.1 Å². The normalized spacial score (nSPS) is 15.6. The van der Waals surface area contributed by atoms with Crippen molar-refractivity contribution < 1.29 is 9.59 Å². The highest BCUT2D eigenvalue weighted by Gasteiger charge is 2.22. The summed E-state index contributed by atoms with van der Waals surface area (Å²) < 4.78 is 0. The van der Waals surface area contributed by atoms with Crippen molar-refractivity contribution in [2.24, 2.45) is 0 Å². The molecule has 8 heteroatoms. The molecule has 1 aliphatic heterocycles. The lowest BCUT2D eigenvalue weighted by atomic mass is 10.3. The van der Waals surface area contributed by atoms with Gasteiger partial charge >= 0.3 is 6.03 Å². The molecule has 3 amide bonds. The molecule has 1 fully saturated rings. The van der Waals surface area contributed by atoms with Gasteiger partial charge in [0.1, 0.15) is 0 Å². The van der Waals surface area contributed by atoms with Crippen LogP contribution in [0.15, 0.2) is 12.3 Å². The molecule has 0 aromatic carbocycles. The number of aromatic nitrogens is 2. The zero-order valence-corrected chi connectivity index (χ0v) is 12.3. The summed E-state index contributed by atoms with van der Waals surface area (Å²) in [4.78, 5) is 27.3. The van der Waals surface area contributed by atoms with E-state index in [1.54, 1.807) is 31.1 Å². The average molecular weight is 292 g/mol. The Morgan fingerprint density at radius 3 is 2.62 bits per heavy atom. The van der Waals surface area contributed by atoms with E-state index in [4.69, 9.17) is 0 Å². The average Bonchev–Trinajstić information content (AvgIpc) is 2.50. The van der Waals surface area contributed by atoms with Crippen LogP contribution < -0.4 is 10.6 Å². The quantitative estimate of drug-likeness (QED) is 0.797. The van der Waals surface area contributed by atoms with Crippen LogP contribution in [0.5, 0.6) is 0 Å². The van der Waals surface area contributed by atoms with Gasteiger partial charge in [-0.05, 0) is 13.0 Å². The molecule has 0 spiro atoms. The van der Waals surface area contributed by atoms with Crippen molar-refractivity contribution >= 4 is 17.6 Å². The number of aryl methyl sites for hydroxylation is 1. The minimum atomic E-state index is -0.148. The zero-order valence-electron chi connectivity index (χ0n) is 12.3. The molecule has 0 saturated carbocycles. The molecule has 21 heavy (non-hydrogen) atoms. The first kappa shape index (κ1) is 15.2. The third-order valence-electron chi connectivity index (χ3n) is 3.45. The molecular weight excluding hydrogens is 272 g/mol. The van der Waals surface area contributed by atoms with Gasteiger partial charge < -0.3 is 15.5 Å². The van der Waals surface area contributed by atoms with E-state index in [9.17, 15) is 9.59 Å². The number of urea groups is 1. The van der Waals surface area contributed by atoms with Crippen LogP contribution in [0, 0.1) is 6.92 Å². The molecule has 1 aromatic heterocycles. The molecule has 2 N–H and O–H groups in total. The van der Waals surface area contributed by atoms with Crippen molar-refractivity contribution in [3.8, 4) is 0 Å². The summed E-state index contributed by atoms with van der Waals surface area (Å²) in [6.07, 6.45) is 1.55. The summed E-state index contributed by atoms with van der Waals surface area (Å²) in [5.41, 5.74) is 1.35. The first-order valence-corrected chi connectivity index (χ1v) is 6.87. The number of nitrogens with zero attached hydrogens (tertiary/aromatic N) is 4. The second kappa shape index (κ2) is 6.98. The van der Waals surface area contributed by atoms with Crippen molar-refractivity contribution in [3.05, 3.63) is 18.0 Å². The van der Waals surface area contributed by atoms with Crippen molar-refractivity contribution in [1.29, 1.82) is 0 Å². The standard InChI is InChI=1S/C13H20N6O2/c1-10-11(3-4-15-17-10)16-13(21)19-7-5-18(6-8-19)9-12(20)14-2/h3-4H,5-9H2,1-2H3,(H,14,20)(H,15,16,21). The topological polar surface area (TPSA) is 90.5 Å². The fraction of sp³-hybridized carbons (Fsp3) is 0.538. The summed E-state index contributed by atoms with van der Waals surface area (Å²) in [6, 6.07) is 1.58. The number of rotatable bonds is 3. The Morgan fingerprint density at radius 1 is 1.29 bits per heavy atom. The lowest BCUT2D eigenvalue weighted by Crippen LogP contribution is -2.51. The molecule has 1 saturated heterocycles. The Bertz CT molecular complexity index is 513. The van der Waals surface area contributed by atoms with E-state index in [2.05, 4.69) is 20.8 Å². The number of carbonyl (C=O) groups is 2. The van der Waals surface area contributed by atoms with Gasteiger partial charge in [0.15, 0.2) is 0 Å². The van der Waals surface area contributed by atoms with Crippen LogP contribution in [-0.4, -0.2) is 71.7 Å². The van der Waals surface area contributed by atoms with Gasteiger partial charge in [0.25, 0.3) is 0 Å². The first-order valence-electron chi connectivity index (χ1n) is 6.87.